The molecule has 0 unspecified atom stereocenters. The van der Waals surface area contributed by atoms with Crippen molar-refractivity contribution in [3.63, 3.8) is 0 Å². The fourth-order valence-electron chi connectivity index (χ4n) is 2.61. The Morgan fingerprint density at radius 2 is 1.92 bits per heavy atom. The number of aromatic nitrogens is 6. The number of benzene rings is 1. The molecule has 0 aliphatic carbocycles. The third kappa shape index (κ3) is 2.71. The minimum Gasteiger partial charge on any atom is -0.363 e. The van der Waals surface area contributed by atoms with Crippen LogP contribution in [0.3, 0.4) is 0 Å². The molecule has 0 radical (unpaired) electrons. The van der Waals surface area contributed by atoms with Gasteiger partial charge in [0.05, 0.1) is 17.9 Å². The van der Waals surface area contributed by atoms with Gasteiger partial charge in [-0.3, -0.25) is 5.10 Å². The van der Waals surface area contributed by atoms with Crippen LogP contribution in [0.2, 0.25) is 0 Å². The summed E-state index contributed by atoms with van der Waals surface area (Å²) in [6.45, 7) is 4.35. The van der Waals surface area contributed by atoms with Crippen LogP contribution in [0.4, 0.5) is 5.82 Å². The first-order valence-corrected chi connectivity index (χ1v) is 7.73. The summed E-state index contributed by atoms with van der Waals surface area (Å²) in [5.41, 5.74) is 3.69. The number of aryl methyl sites for hydroxylation is 2. The highest BCUT2D eigenvalue weighted by Gasteiger charge is 2.10. The van der Waals surface area contributed by atoms with Crippen molar-refractivity contribution in [3.05, 3.63) is 59.8 Å². The Hall–Kier alpha value is -3.22. The molecular formula is C17H17N7. The molecule has 0 fully saturated rings. The van der Waals surface area contributed by atoms with Crippen molar-refractivity contribution >= 4 is 11.5 Å². The van der Waals surface area contributed by atoms with Crippen LogP contribution in [0, 0.1) is 13.8 Å². The first-order chi connectivity index (χ1) is 11.7. The van der Waals surface area contributed by atoms with Gasteiger partial charge in [0.2, 0.25) is 0 Å². The maximum Gasteiger partial charge on any atom is 0.169 e. The molecule has 0 amide bonds. The zero-order valence-electron chi connectivity index (χ0n) is 13.5. The number of nitrogens with zero attached hydrogens (tertiary/aromatic N) is 5. The zero-order chi connectivity index (χ0) is 16.5. The summed E-state index contributed by atoms with van der Waals surface area (Å²) >= 11 is 0. The van der Waals surface area contributed by atoms with Gasteiger partial charge in [0.1, 0.15) is 11.6 Å². The molecule has 0 saturated heterocycles. The Labute approximate surface area is 138 Å². The van der Waals surface area contributed by atoms with E-state index in [-0.39, 0.29) is 0 Å². The van der Waals surface area contributed by atoms with E-state index in [0.717, 1.165) is 34.2 Å². The van der Waals surface area contributed by atoms with Crippen molar-refractivity contribution in [2.75, 3.05) is 5.32 Å². The molecule has 0 saturated carbocycles. The second-order valence-electron chi connectivity index (χ2n) is 5.64. The van der Waals surface area contributed by atoms with E-state index in [4.69, 9.17) is 4.98 Å². The molecule has 0 bridgehead atoms. The highest BCUT2D eigenvalue weighted by Crippen LogP contribution is 2.22. The van der Waals surface area contributed by atoms with Gasteiger partial charge >= 0.3 is 0 Å². The largest absolute Gasteiger partial charge is 0.363 e. The van der Waals surface area contributed by atoms with Gasteiger partial charge in [-0.15, -0.1) is 0 Å². The maximum atomic E-state index is 4.71. The number of aromatic amines is 1. The van der Waals surface area contributed by atoms with Gasteiger partial charge in [-0.05, 0) is 13.8 Å². The molecule has 0 aliphatic rings. The first-order valence-electron chi connectivity index (χ1n) is 7.73. The van der Waals surface area contributed by atoms with Crippen LogP contribution in [0.5, 0.6) is 0 Å². The summed E-state index contributed by atoms with van der Waals surface area (Å²) in [4.78, 5) is 9.03. The molecule has 7 nitrogen and oxygen atoms in total. The zero-order valence-corrected chi connectivity index (χ0v) is 13.5. The van der Waals surface area contributed by atoms with Gasteiger partial charge in [-0.2, -0.15) is 14.7 Å². The molecular weight excluding hydrogens is 302 g/mol. The van der Waals surface area contributed by atoms with Crippen molar-refractivity contribution in [2.24, 2.45) is 0 Å². The minimum absolute atomic E-state index is 0.511. The molecule has 0 aliphatic heterocycles. The lowest BCUT2D eigenvalue weighted by Gasteiger charge is -2.09. The van der Waals surface area contributed by atoms with E-state index < -0.39 is 0 Å². The highest BCUT2D eigenvalue weighted by molar-refractivity contribution is 5.66. The average Bonchev–Trinajstić information content (AvgIpc) is 3.18. The Morgan fingerprint density at radius 3 is 2.67 bits per heavy atom. The Morgan fingerprint density at radius 1 is 1.08 bits per heavy atom. The van der Waals surface area contributed by atoms with E-state index in [1.165, 1.54) is 0 Å². The van der Waals surface area contributed by atoms with Crippen LogP contribution in [-0.4, -0.2) is 29.8 Å². The van der Waals surface area contributed by atoms with Gasteiger partial charge in [0.25, 0.3) is 0 Å². The van der Waals surface area contributed by atoms with Crippen LogP contribution in [0.1, 0.15) is 17.3 Å². The molecule has 3 heterocycles. The summed E-state index contributed by atoms with van der Waals surface area (Å²) in [6, 6.07) is 14.1. The van der Waals surface area contributed by atoms with Gasteiger partial charge in [0.15, 0.2) is 11.5 Å². The van der Waals surface area contributed by atoms with E-state index in [9.17, 15) is 0 Å². The summed E-state index contributed by atoms with van der Waals surface area (Å²) in [6.07, 6.45) is 0. The lowest BCUT2D eigenvalue weighted by molar-refractivity contribution is 0.887. The standard InChI is InChI=1S/C17H17N7/c1-11-8-17-20-14(13-6-4-3-5-7-13)9-16(24(17)23-11)18-10-15-19-12(2)21-22-15/h3-9,18H,10H2,1-2H3,(H,19,21,22). The summed E-state index contributed by atoms with van der Waals surface area (Å²) in [5.74, 6) is 2.36. The molecule has 0 spiro atoms. The van der Waals surface area contributed by atoms with Crippen LogP contribution >= 0.6 is 0 Å². The number of fused-ring (bicyclic) bond motifs is 1. The van der Waals surface area contributed by atoms with Crippen molar-refractivity contribution in [3.8, 4) is 11.3 Å². The van der Waals surface area contributed by atoms with E-state index in [1.54, 1.807) is 4.52 Å². The molecule has 1 aromatic carbocycles. The van der Waals surface area contributed by atoms with Crippen molar-refractivity contribution in [1.82, 2.24) is 29.8 Å². The SMILES string of the molecule is Cc1cc2nc(-c3ccccc3)cc(NCc3n[nH]c(C)n3)n2n1. The molecule has 3 aromatic heterocycles. The third-order valence-corrected chi connectivity index (χ3v) is 3.69. The first kappa shape index (κ1) is 14.4. The monoisotopic (exact) mass is 319 g/mol. The van der Waals surface area contributed by atoms with Gasteiger partial charge in [0, 0.05) is 17.7 Å². The molecule has 4 aromatic rings. The van der Waals surface area contributed by atoms with E-state index in [0.29, 0.717) is 12.4 Å². The Bertz CT molecular complexity index is 985. The molecule has 0 atom stereocenters. The van der Waals surface area contributed by atoms with E-state index in [2.05, 4.69) is 25.6 Å². The van der Waals surface area contributed by atoms with Crippen LogP contribution in [0.25, 0.3) is 16.9 Å². The van der Waals surface area contributed by atoms with E-state index in [1.807, 2.05) is 56.3 Å². The lowest BCUT2D eigenvalue weighted by atomic mass is 10.1. The average molecular weight is 319 g/mol. The number of anilines is 1. The maximum absolute atomic E-state index is 4.71. The normalized spacial score (nSPS) is 11.1. The number of hydrogen-bond acceptors (Lipinski definition) is 5. The summed E-state index contributed by atoms with van der Waals surface area (Å²) < 4.78 is 1.81. The third-order valence-electron chi connectivity index (χ3n) is 3.69. The van der Waals surface area contributed by atoms with Crippen LogP contribution in [-0.2, 0) is 6.54 Å². The minimum atomic E-state index is 0.511. The second-order valence-corrected chi connectivity index (χ2v) is 5.64. The Balaban J connectivity index is 1.74. The van der Waals surface area contributed by atoms with Crippen LogP contribution < -0.4 is 5.32 Å². The smallest absolute Gasteiger partial charge is 0.169 e. The molecule has 4 rings (SSSR count). The number of nitrogens with one attached hydrogen (secondary N) is 2. The van der Waals surface area contributed by atoms with Crippen molar-refractivity contribution < 1.29 is 0 Å². The predicted octanol–water partition coefficient (Wildman–Crippen LogP) is 2.74. The van der Waals surface area contributed by atoms with Gasteiger partial charge < -0.3 is 5.32 Å². The van der Waals surface area contributed by atoms with Crippen molar-refractivity contribution in [1.29, 1.82) is 0 Å². The number of rotatable bonds is 4. The number of H-pyrrole nitrogens is 1. The molecule has 120 valence electrons. The topological polar surface area (TPSA) is 83.8 Å². The van der Waals surface area contributed by atoms with Gasteiger partial charge in [-0.25, -0.2) is 9.97 Å². The Kier molecular flexibility index (Phi) is 3.45. The van der Waals surface area contributed by atoms with Crippen LogP contribution in [0.15, 0.2) is 42.5 Å². The summed E-state index contributed by atoms with van der Waals surface area (Å²) in [7, 11) is 0. The highest BCUT2D eigenvalue weighted by atomic mass is 15.3. The summed E-state index contributed by atoms with van der Waals surface area (Å²) in [5, 5.41) is 14.9. The number of hydrogen-bond donors (Lipinski definition) is 2. The predicted molar refractivity (Wildman–Crippen MR) is 91.6 cm³/mol. The molecule has 7 heteroatoms. The fourth-order valence-corrected chi connectivity index (χ4v) is 2.61. The molecule has 24 heavy (non-hydrogen) atoms. The fraction of sp³-hybridized carbons (Fsp3) is 0.176. The lowest BCUT2D eigenvalue weighted by Crippen LogP contribution is -2.07. The quantitative estimate of drug-likeness (QED) is 0.604. The second kappa shape index (κ2) is 5.77. The van der Waals surface area contributed by atoms with Gasteiger partial charge in [-0.1, -0.05) is 30.3 Å². The van der Waals surface area contributed by atoms with E-state index >= 15 is 0 Å². The van der Waals surface area contributed by atoms with Crippen molar-refractivity contribution in [2.45, 2.75) is 20.4 Å². The molecule has 2 N–H and O–H groups in total.